The molecule has 1 aliphatic rings. The minimum Gasteiger partial charge on any atom is -0.466 e. The van der Waals surface area contributed by atoms with Crippen molar-refractivity contribution < 1.29 is 18.7 Å². The quantitative estimate of drug-likeness (QED) is 0.374. The molecule has 0 unspecified atom stereocenters. The van der Waals surface area contributed by atoms with Gasteiger partial charge in [0, 0.05) is 19.4 Å². The van der Waals surface area contributed by atoms with Gasteiger partial charge in [-0.2, -0.15) is 0 Å². The van der Waals surface area contributed by atoms with Crippen molar-refractivity contribution in [2.45, 2.75) is 72.0 Å². The van der Waals surface area contributed by atoms with E-state index < -0.39 is 8.32 Å². The molecule has 1 aliphatic heterocycles. The summed E-state index contributed by atoms with van der Waals surface area (Å²) in [6.07, 6.45) is 4.33. The predicted molar refractivity (Wildman–Crippen MR) is 95.5 cm³/mol. The maximum Gasteiger partial charge on any atom is 0.337 e. The second kappa shape index (κ2) is 8.15. The second-order valence-corrected chi connectivity index (χ2v) is 12.3. The number of hydrogen-bond donors (Lipinski definition) is 0. The SMILES string of the molecule is CCOC(=O)C1=C(C)OC(CCCO[Si](C)(C)C(C)(C)C)=CC1. The zero-order valence-electron chi connectivity index (χ0n) is 15.7. The average molecular weight is 341 g/mol. The van der Waals surface area contributed by atoms with Crippen LogP contribution in [0.3, 0.4) is 0 Å². The van der Waals surface area contributed by atoms with E-state index in [0.717, 1.165) is 25.2 Å². The number of ether oxygens (including phenoxy) is 2. The summed E-state index contributed by atoms with van der Waals surface area (Å²) in [7, 11) is -1.67. The largest absolute Gasteiger partial charge is 0.466 e. The van der Waals surface area contributed by atoms with Crippen molar-refractivity contribution in [1.82, 2.24) is 0 Å². The molecule has 1 heterocycles. The Hall–Kier alpha value is -1.07. The number of carbonyl (C=O) groups excluding carboxylic acids is 1. The molecule has 4 nitrogen and oxygen atoms in total. The molecule has 0 N–H and O–H groups in total. The van der Waals surface area contributed by atoms with E-state index in [9.17, 15) is 4.79 Å². The Morgan fingerprint density at radius 2 is 2.00 bits per heavy atom. The highest BCUT2D eigenvalue weighted by Gasteiger charge is 2.36. The molecule has 1 rings (SSSR count). The van der Waals surface area contributed by atoms with Crippen molar-refractivity contribution in [3.63, 3.8) is 0 Å². The molecule has 0 atom stereocenters. The molecule has 0 saturated heterocycles. The first kappa shape index (κ1) is 20.0. The molecule has 5 heteroatoms. The van der Waals surface area contributed by atoms with Crippen molar-refractivity contribution in [3.8, 4) is 0 Å². The Kier molecular flexibility index (Phi) is 7.08. The molecule has 0 radical (unpaired) electrons. The molecule has 0 aromatic rings. The summed E-state index contributed by atoms with van der Waals surface area (Å²) in [5.74, 6) is 1.31. The summed E-state index contributed by atoms with van der Waals surface area (Å²) in [4.78, 5) is 11.8. The van der Waals surface area contributed by atoms with E-state index in [2.05, 4.69) is 33.9 Å². The van der Waals surface area contributed by atoms with Gasteiger partial charge in [0.1, 0.15) is 11.5 Å². The van der Waals surface area contributed by atoms with Gasteiger partial charge in [0.2, 0.25) is 0 Å². The lowest BCUT2D eigenvalue weighted by Gasteiger charge is -2.36. The molecular weight excluding hydrogens is 308 g/mol. The number of esters is 1. The lowest BCUT2D eigenvalue weighted by Crippen LogP contribution is -2.40. The van der Waals surface area contributed by atoms with Crippen molar-refractivity contribution in [2.75, 3.05) is 13.2 Å². The van der Waals surface area contributed by atoms with Gasteiger partial charge in [0.15, 0.2) is 8.32 Å². The van der Waals surface area contributed by atoms with Gasteiger partial charge in [-0.15, -0.1) is 0 Å². The number of carbonyl (C=O) groups is 1. The van der Waals surface area contributed by atoms with Crippen LogP contribution in [-0.4, -0.2) is 27.5 Å². The summed E-state index contributed by atoms with van der Waals surface area (Å²) in [5.41, 5.74) is 0.619. The second-order valence-electron chi connectivity index (χ2n) is 7.44. The molecule has 0 saturated carbocycles. The fourth-order valence-corrected chi connectivity index (χ4v) is 3.14. The van der Waals surface area contributed by atoms with Crippen molar-refractivity contribution in [1.29, 1.82) is 0 Å². The molecule has 0 aromatic carbocycles. The van der Waals surface area contributed by atoms with E-state index in [0.29, 0.717) is 24.4 Å². The number of allylic oxidation sites excluding steroid dienone is 3. The highest BCUT2D eigenvalue weighted by Crippen LogP contribution is 2.36. The van der Waals surface area contributed by atoms with Gasteiger partial charge in [0.25, 0.3) is 0 Å². The minimum absolute atomic E-state index is 0.238. The molecule has 0 aromatic heterocycles. The van der Waals surface area contributed by atoms with Gasteiger partial charge in [-0.3, -0.25) is 0 Å². The third kappa shape index (κ3) is 5.81. The normalized spacial score (nSPS) is 16.0. The lowest BCUT2D eigenvalue weighted by atomic mass is 10.1. The zero-order valence-corrected chi connectivity index (χ0v) is 16.7. The van der Waals surface area contributed by atoms with Gasteiger partial charge in [0.05, 0.1) is 12.2 Å². The van der Waals surface area contributed by atoms with Crippen LogP contribution < -0.4 is 0 Å². The van der Waals surface area contributed by atoms with Crippen LogP contribution >= 0.6 is 0 Å². The summed E-state index contributed by atoms with van der Waals surface area (Å²) in [6.45, 7) is 16.0. The van der Waals surface area contributed by atoms with Crippen LogP contribution in [0.5, 0.6) is 0 Å². The summed E-state index contributed by atoms with van der Waals surface area (Å²) < 4.78 is 17.0. The van der Waals surface area contributed by atoms with E-state index in [1.54, 1.807) is 6.92 Å². The zero-order chi connectivity index (χ0) is 17.7. The highest BCUT2D eigenvalue weighted by molar-refractivity contribution is 6.74. The molecule has 0 aliphatic carbocycles. The first-order valence-electron chi connectivity index (χ1n) is 8.46. The van der Waals surface area contributed by atoms with Gasteiger partial charge < -0.3 is 13.9 Å². The molecule has 0 amide bonds. The maximum atomic E-state index is 11.8. The predicted octanol–water partition coefficient (Wildman–Crippen LogP) is 4.93. The molecule has 0 bridgehead atoms. The third-order valence-corrected chi connectivity index (χ3v) is 9.14. The molecule has 23 heavy (non-hydrogen) atoms. The summed E-state index contributed by atoms with van der Waals surface area (Å²) in [6, 6.07) is 0. The Balaban J connectivity index is 2.41. The average Bonchev–Trinajstić information content (AvgIpc) is 2.42. The number of hydrogen-bond acceptors (Lipinski definition) is 4. The van der Waals surface area contributed by atoms with Crippen LogP contribution in [-0.2, 0) is 18.7 Å². The topological polar surface area (TPSA) is 44.8 Å². The Bertz CT molecular complexity index is 484. The van der Waals surface area contributed by atoms with E-state index in [4.69, 9.17) is 13.9 Å². The van der Waals surface area contributed by atoms with Crippen molar-refractivity contribution >= 4 is 14.3 Å². The van der Waals surface area contributed by atoms with Crippen molar-refractivity contribution in [2.24, 2.45) is 0 Å². The Labute approximate surface area is 142 Å². The van der Waals surface area contributed by atoms with Crippen molar-refractivity contribution in [3.05, 3.63) is 23.2 Å². The first-order valence-corrected chi connectivity index (χ1v) is 11.4. The summed E-state index contributed by atoms with van der Waals surface area (Å²) >= 11 is 0. The molecule has 132 valence electrons. The Morgan fingerprint density at radius 3 is 2.52 bits per heavy atom. The maximum absolute atomic E-state index is 11.8. The fourth-order valence-electron chi connectivity index (χ4n) is 2.05. The fraction of sp³-hybridized carbons (Fsp3) is 0.722. The first-order chi connectivity index (χ1) is 10.6. The van der Waals surface area contributed by atoms with E-state index in [1.807, 2.05) is 13.0 Å². The van der Waals surface area contributed by atoms with E-state index in [1.165, 1.54) is 0 Å². The van der Waals surface area contributed by atoms with E-state index >= 15 is 0 Å². The lowest BCUT2D eigenvalue weighted by molar-refractivity contribution is -0.138. The summed E-state index contributed by atoms with van der Waals surface area (Å²) in [5, 5.41) is 0.238. The monoisotopic (exact) mass is 340 g/mol. The molecular formula is C18H32O4Si. The minimum atomic E-state index is -1.67. The van der Waals surface area contributed by atoms with Gasteiger partial charge in [-0.1, -0.05) is 20.8 Å². The van der Waals surface area contributed by atoms with Crippen LogP contribution in [0.15, 0.2) is 23.2 Å². The smallest absolute Gasteiger partial charge is 0.337 e. The standard InChI is InChI=1S/C18H32O4Si/c1-8-20-17(19)16-12-11-15(22-14(16)2)10-9-13-21-23(6,7)18(3,4)5/h11H,8-10,12-13H2,1-7H3. The van der Waals surface area contributed by atoms with Gasteiger partial charge in [-0.05, 0) is 44.5 Å². The third-order valence-electron chi connectivity index (χ3n) is 4.60. The van der Waals surface area contributed by atoms with Crippen LogP contribution in [0.4, 0.5) is 0 Å². The van der Waals surface area contributed by atoms with E-state index in [-0.39, 0.29) is 11.0 Å². The number of rotatable bonds is 7. The molecule has 0 spiro atoms. The highest BCUT2D eigenvalue weighted by atomic mass is 28.4. The van der Waals surface area contributed by atoms with Crippen LogP contribution in [0.2, 0.25) is 18.1 Å². The Morgan fingerprint density at radius 1 is 1.35 bits per heavy atom. The van der Waals surface area contributed by atoms with Crippen LogP contribution in [0.1, 0.15) is 53.9 Å². The van der Waals surface area contributed by atoms with Gasteiger partial charge >= 0.3 is 5.97 Å². The van der Waals surface area contributed by atoms with Crippen LogP contribution in [0.25, 0.3) is 0 Å². The van der Waals surface area contributed by atoms with Crippen LogP contribution in [0, 0.1) is 0 Å². The molecule has 0 fully saturated rings. The van der Waals surface area contributed by atoms with Gasteiger partial charge in [-0.25, -0.2) is 4.79 Å².